The van der Waals surface area contributed by atoms with Crippen molar-refractivity contribution >= 4 is 76.2 Å². The molecule has 0 aliphatic carbocycles. The minimum atomic E-state index is -0.112. The monoisotopic (exact) mass is 782 g/mol. The van der Waals surface area contributed by atoms with Gasteiger partial charge in [-0.2, -0.15) is 0 Å². The lowest BCUT2D eigenvalue weighted by Crippen LogP contribution is -2.17. The minimum absolute atomic E-state index is 0.0422. The molecule has 6 aromatic heterocycles. The second kappa shape index (κ2) is 11.8. The van der Waals surface area contributed by atoms with E-state index in [-0.39, 0.29) is 21.7 Å². The van der Waals surface area contributed by atoms with Crippen molar-refractivity contribution in [3.05, 3.63) is 132 Å². The molecule has 0 aliphatic rings. The van der Waals surface area contributed by atoms with Gasteiger partial charge in [0, 0.05) is 66.6 Å². The van der Waals surface area contributed by atoms with E-state index in [9.17, 15) is 0 Å². The number of pyridine rings is 2. The highest BCUT2D eigenvalue weighted by Crippen LogP contribution is 2.55. The predicted octanol–water partition coefficient (Wildman–Crippen LogP) is 15.3. The van der Waals surface area contributed by atoms with Crippen molar-refractivity contribution in [1.82, 2.24) is 18.8 Å². The molecule has 0 unspecified atom stereocenters. The van der Waals surface area contributed by atoms with Crippen LogP contribution in [-0.2, 0) is 21.7 Å². The van der Waals surface area contributed by atoms with Gasteiger partial charge in [-0.3, -0.25) is 9.97 Å². The molecule has 0 aliphatic heterocycles. The van der Waals surface area contributed by atoms with Crippen LogP contribution >= 0.6 is 0 Å². The fraction of sp³-hybridized carbons (Fsp3) is 0.286. The summed E-state index contributed by atoms with van der Waals surface area (Å²) in [6.45, 7) is 28.4. The first kappa shape index (κ1) is 37.0. The van der Waals surface area contributed by atoms with Crippen molar-refractivity contribution in [2.45, 2.75) is 105 Å². The maximum absolute atomic E-state index is 4.85. The van der Waals surface area contributed by atoms with Gasteiger partial charge in [0.25, 0.3) is 0 Å². The van der Waals surface area contributed by atoms with Crippen molar-refractivity contribution in [1.29, 1.82) is 0 Å². The Kier molecular flexibility index (Phi) is 7.31. The molecule has 298 valence electrons. The van der Waals surface area contributed by atoms with Gasteiger partial charge in [0.05, 0.1) is 44.5 Å². The standard InChI is InChI=1S/C56H54N4/c1-53(2,3)33-27-37-47-45-35-25-31(41-17-13-15-23-57-41)20-22-44(35)60-50-38(28-34(54(4,5)6)30-40(50)56(10,11)12)48(52(45)60)46-36-26-32(42-18-14-16-24-58-42)19-21-43(36)59(51(46)47)49(37)39(29-33)55(7,8)9/h13-30H,1-12H3. The van der Waals surface area contributed by atoms with Crippen molar-refractivity contribution in [2.75, 3.05) is 0 Å². The van der Waals surface area contributed by atoms with E-state index < -0.39 is 0 Å². The molecule has 0 spiro atoms. The Labute approximate surface area is 352 Å². The summed E-state index contributed by atoms with van der Waals surface area (Å²) in [5, 5.41) is 10.6. The van der Waals surface area contributed by atoms with E-state index in [1.165, 1.54) is 98.4 Å². The van der Waals surface area contributed by atoms with Gasteiger partial charge >= 0.3 is 0 Å². The fourth-order valence-corrected chi connectivity index (χ4v) is 10.3. The van der Waals surface area contributed by atoms with Crippen molar-refractivity contribution in [3.63, 3.8) is 0 Å². The second-order valence-corrected chi connectivity index (χ2v) is 21.6. The third kappa shape index (κ3) is 5.03. The highest BCUT2D eigenvalue weighted by atomic mass is 15.0. The van der Waals surface area contributed by atoms with Crippen LogP contribution in [0.25, 0.3) is 98.7 Å². The van der Waals surface area contributed by atoms with E-state index >= 15 is 0 Å². The van der Waals surface area contributed by atoms with Crippen LogP contribution in [0.1, 0.15) is 105 Å². The maximum atomic E-state index is 4.85. The van der Waals surface area contributed by atoms with E-state index in [1.54, 1.807) is 0 Å². The Morgan fingerprint density at radius 2 is 0.750 bits per heavy atom. The first-order valence-electron chi connectivity index (χ1n) is 21.7. The van der Waals surface area contributed by atoms with Crippen LogP contribution in [0.4, 0.5) is 0 Å². The summed E-state index contributed by atoms with van der Waals surface area (Å²) in [7, 11) is 0. The number of rotatable bonds is 2. The highest BCUT2D eigenvalue weighted by molar-refractivity contribution is 6.45. The van der Waals surface area contributed by atoms with Gasteiger partial charge in [0.15, 0.2) is 0 Å². The van der Waals surface area contributed by atoms with Gasteiger partial charge in [0.1, 0.15) is 0 Å². The predicted molar refractivity (Wildman–Crippen MR) is 257 cm³/mol. The van der Waals surface area contributed by atoms with Gasteiger partial charge < -0.3 is 8.80 Å². The van der Waals surface area contributed by atoms with E-state index in [0.29, 0.717) is 0 Å². The normalized spacial score (nSPS) is 13.7. The Hall–Kier alpha value is -6.00. The second-order valence-electron chi connectivity index (χ2n) is 21.6. The van der Waals surface area contributed by atoms with E-state index in [1.807, 2.05) is 24.5 Å². The summed E-state index contributed by atoms with van der Waals surface area (Å²) in [4.78, 5) is 9.70. The van der Waals surface area contributed by atoms with E-state index in [4.69, 9.17) is 9.97 Å². The van der Waals surface area contributed by atoms with Crippen LogP contribution in [0.5, 0.6) is 0 Å². The van der Waals surface area contributed by atoms with Crippen LogP contribution in [0, 0.1) is 0 Å². The third-order valence-electron chi connectivity index (χ3n) is 13.4. The maximum Gasteiger partial charge on any atom is 0.0702 e. The van der Waals surface area contributed by atoms with Gasteiger partial charge in [-0.15, -0.1) is 0 Å². The largest absolute Gasteiger partial charge is 0.308 e. The molecular formula is C56H54N4. The highest BCUT2D eigenvalue weighted by Gasteiger charge is 2.34. The van der Waals surface area contributed by atoms with Gasteiger partial charge in [-0.1, -0.05) is 119 Å². The van der Waals surface area contributed by atoms with Crippen LogP contribution in [-0.4, -0.2) is 18.8 Å². The number of nitrogens with zero attached hydrogens (tertiary/aromatic N) is 4. The van der Waals surface area contributed by atoms with E-state index in [0.717, 1.165) is 22.5 Å². The topological polar surface area (TPSA) is 34.6 Å². The molecule has 11 rings (SSSR count). The SMILES string of the molecule is CC(C)(C)c1cc(C(C)(C)C)c2c(c1)c1c3c4cc(-c5ccccn5)ccc4n4c5c(C(C)(C)C)cc(C(C)(C)C)cc5c(c5c6cc(-c7ccccn7)ccc6n2c51)c34. The molecule has 0 saturated carbocycles. The van der Waals surface area contributed by atoms with Gasteiger partial charge in [-0.05, 0) is 105 Å². The van der Waals surface area contributed by atoms with Crippen molar-refractivity contribution in [2.24, 2.45) is 0 Å². The summed E-state index contributed by atoms with van der Waals surface area (Å²) in [6.07, 6.45) is 3.81. The molecule has 0 N–H and O–H groups in total. The first-order valence-corrected chi connectivity index (χ1v) is 21.7. The van der Waals surface area contributed by atoms with Crippen LogP contribution in [0.15, 0.2) is 109 Å². The fourth-order valence-electron chi connectivity index (χ4n) is 10.3. The van der Waals surface area contributed by atoms with Gasteiger partial charge in [0.2, 0.25) is 0 Å². The Balaban J connectivity index is 1.51. The average Bonchev–Trinajstić information content (AvgIpc) is 3.92. The zero-order valence-corrected chi connectivity index (χ0v) is 37.2. The molecule has 5 aromatic carbocycles. The van der Waals surface area contributed by atoms with Crippen LogP contribution in [0.3, 0.4) is 0 Å². The quantitative estimate of drug-likeness (QED) is 0.175. The zero-order chi connectivity index (χ0) is 42.0. The minimum Gasteiger partial charge on any atom is -0.308 e. The van der Waals surface area contributed by atoms with Gasteiger partial charge in [-0.25, -0.2) is 0 Å². The van der Waals surface area contributed by atoms with Crippen molar-refractivity contribution in [3.8, 4) is 22.5 Å². The first-order chi connectivity index (χ1) is 28.3. The summed E-state index contributed by atoms with van der Waals surface area (Å²) >= 11 is 0. The number of fused-ring (bicyclic) bond motifs is 14. The molecule has 4 heteroatoms. The molecule has 4 nitrogen and oxygen atoms in total. The molecule has 60 heavy (non-hydrogen) atoms. The van der Waals surface area contributed by atoms with Crippen LogP contribution < -0.4 is 0 Å². The number of aromatic nitrogens is 4. The number of hydrogen-bond donors (Lipinski definition) is 0. The number of benzene rings is 5. The van der Waals surface area contributed by atoms with Crippen molar-refractivity contribution < 1.29 is 0 Å². The molecule has 0 radical (unpaired) electrons. The molecule has 0 saturated heterocycles. The molecular weight excluding hydrogens is 729 g/mol. The summed E-state index contributed by atoms with van der Waals surface area (Å²) < 4.78 is 5.31. The lowest BCUT2D eigenvalue weighted by molar-refractivity contribution is 0.571. The Bertz CT molecular complexity index is 3300. The van der Waals surface area contributed by atoms with E-state index in [2.05, 4.69) is 177 Å². The molecule has 0 amide bonds. The average molecular weight is 783 g/mol. The lowest BCUT2D eigenvalue weighted by Gasteiger charge is -2.26. The molecule has 11 aromatic rings. The zero-order valence-electron chi connectivity index (χ0n) is 37.2. The summed E-state index contributed by atoms with van der Waals surface area (Å²) in [5.41, 5.74) is 17.2. The Morgan fingerprint density at radius 1 is 0.367 bits per heavy atom. The summed E-state index contributed by atoms with van der Waals surface area (Å²) in [5.74, 6) is 0. The number of hydrogen-bond acceptors (Lipinski definition) is 2. The molecule has 0 fully saturated rings. The molecule has 0 atom stereocenters. The van der Waals surface area contributed by atoms with Crippen LogP contribution in [0.2, 0.25) is 0 Å². The lowest BCUT2D eigenvalue weighted by atomic mass is 9.79. The summed E-state index contributed by atoms with van der Waals surface area (Å²) in [6, 6.07) is 36.7. The third-order valence-corrected chi connectivity index (χ3v) is 13.4. The smallest absolute Gasteiger partial charge is 0.0702 e. The molecule has 6 heterocycles. The Morgan fingerprint density at radius 3 is 1.08 bits per heavy atom. The molecule has 0 bridgehead atoms.